The van der Waals surface area contributed by atoms with Crippen LogP contribution in [-0.4, -0.2) is 46.2 Å². The zero-order chi connectivity index (χ0) is 28.6. The first-order valence-corrected chi connectivity index (χ1v) is 15.7. The van der Waals surface area contributed by atoms with E-state index in [1.807, 2.05) is 0 Å². The molecule has 2 aliphatic carbocycles. The molecule has 222 valence electrons. The molecule has 0 aromatic heterocycles. The number of hydrogen-bond donors (Lipinski definition) is 3. The minimum absolute atomic E-state index is 0.0829. The monoisotopic (exact) mass is 544 g/mol. The van der Waals surface area contributed by atoms with E-state index in [0.29, 0.717) is 12.3 Å². The fourth-order valence-corrected chi connectivity index (χ4v) is 7.18. The lowest BCUT2D eigenvalue weighted by molar-refractivity contribution is -0.147. The van der Waals surface area contributed by atoms with Crippen molar-refractivity contribution in [3.05, 3.63) is 35.4 Å². The first kappa shape index (κ1) is 32.1. The third-order valence-electron chi connectivity index (χ3n) is 10.1. The second-order valence-electron chi connectivity index (χ2n) is 13.8. The summed E-state index contributed by atoms with van der Waals surface area (Å²) in [6.07, 6.45) is 13.5. The van der Waals surface area contributed by atoms with Gasteiger partial charge in [0.25, 0.3) is 0 Å². The summed E-state index contributed by atoms with van der Waals surface area (Å²) in [5.41, 5.74) is 1.73. The topological polar surface area (TPSA) is 87.0 Å². The molecule has 1 aromatic carbocycles. The van der Waals surface area contributed by atoms with E-state index < -0.39 is 11.4 Å². The number of carboxylic acids is 1. The molecule has 39 heavy (non-hydrogen) atoms. The molecular weight excluding hydrogens is 488 g/mol. The number of methoxy groups -OCH3 is 1. The summed E-state index contributed by atoms with van der Waals surface area (Å²) < 4.78 is 5.57. The van der Waals surface area contributed by atoms with Crippen molar-refractivity contribution in [2.75, 3.05) is 7.11 Å². The number of aliphatic carboxylic acids is 1. The van der Waals surface area contributed by atoms with Crippen LogP contribution in [0.5, 0.6) is 0 Å². The van der Waals surface area contributed by atoms with Crippen molar-refractivity contribution < 1.29 is 24.9 Å². The Kier molecular flexibility index (Phi) is 11.9. The Balaban J connectivity index is 1.62. The maximum atomic E-state index is 11.5. The van der Waals surface area contributed by atoms with Crippen LogP contribution in [0.25, 0.3) is 0 Å². The molecule has 0 heterocycles. The Labute approximate surface area is 237 Å². The lowest BCUT2D eigenvalue weighted by Crippen LogP contribution is -2.35. The number of carbonyl (C=O) groups is 1. The Bertz CT molecular complexity index is 893. The Hall–Kier alpha value is -1.43. The van der Waals surface area contributed by atoms with Crippen LogP contribution in [-0.2, 0) is 9.53 Å². The Morgan fingerprint density at radius 1 is 0.795 bits per heavy atom. The number of rotatable bonds is 14. The van der Waals surface area contributed by atoms with Gasteiger partial charge in [-0.05, 0) is 102 Å². The van der Waals surface area contributed by atoms with Crippen LogP contribution in [0.3, 0.4) is 0 Å². The molecule has 0 radical (unpaired) electrons. The minimum atomic E-state index is -0.737. The van der Waals surface area contributed by atoms with Crippen LogP contribution in [0, 0.1) is 17.3 Å². The van der Waals surface area contributed by atoms with Crippen LogP contribution in [0.15, 0.2) is 24.3 Å². The van der Waals surface area contributed by atoms with Gasteiger partial charge in [-0.2, -0.15) is 0 Å². The number of unbranched alkanes of at least 4 members (excludes halogenated alkanes) is 2. The number of aliphatic hydroxyl groups excluding tert-OH is 2. The summed E-state index contributed by atoms with van der Waals surface area (Å²) in [6.45, 7) is 7.87. The molecule has 2 saturated carbocycles. The van der Waals surface area contributed by atoms with Gasteiger partial charge in [0, 0.05) is 18.9 Å². The molecule has 2 fully saturated rings. The zero-order valence-corrected chi connectivity index (χ0v) is 25.3. The van der Waals surface area contributed by atoms with Gasteiger partial charge >= 0.3 is 5.97 Å². The van der Waals surface area contributed by atoms with Gasteiger partial charge in [0.2, 0.25) is 0 Å². The van der Waals surface area contributed by atoms with Crippen LogP contribution in [0.2, 0.25) is 0 Å². The van der Waals surface area contributed by atoms with Crippen molar-refractivity contribution in [1.29, 1.82) is 0 Å². The van der Waals surface area contributed by atoms with Crippen molar-refractivity contribution in [3.8, 4) is 0 Å². The quantitative estimate of drug-likeness (QED) is 0.208. The van der Waals surface area contributed by atoms with E-state index in [2.05, 4.69) is 38.1 Å². The van der Waals surface area contributed by atoms with E-state index in [4.69, 9.17) is 4.74 Å². The second kappa shape index (κ2) is 14.5. The smallest absolute Gasteiger partial charge is 0.309 e. The maximum absolute atomic E-state index is 11.5. The number of benzene rings is 1. The molecule has 2 aliphatic rings. The van der Waals surface area contributed by atoms with Gasteiger partial charge in [0.05, 0.1) is 23.2 Å². The van der Waals surface area contributed by atoms with Gasteiger partial charge in [0.1, 0.15) is 0 Å². The summed E-state index contributed by atoms with van der Waals surface area (Å²) in [6, 6.07) is 8.59. The van der Waals surface area contributed by atoms with Crippen LogP contribution in [0.4, 0.5) is 0 Å². The molecule has 0 spiro atoms. The van der Waals surface area contributed by atoms with Gasteiger partial charge in [-0.3, -0.25) is 4.79 Å². The fourth-order valence-electron chi connectivity index (χ4n) is 7.18. The van der Waals surface area contributed by atoms with Crippen LogP contribution >= 0.6 is 0 Å². The average Bonchev–Trinajstić information content (AvgIpc) is 2.91. The van der Waals surface area contributed by atoms with Crippen LogP contribution in [0.1, 0.15) is 141 Å². The van der Waals surface area contributed by atoms with E-state index in [9.17, 15) is 20.1 Å². The molecule has 0 bridgehead atoms. The van der Waals surface area contributed by atoms with E-state index >= 15 is 0 Å². The number of carboxylic acid groups (broad SMARTS) is 1. The van der Waals surface area contributed by atoms with Gasteiger partial charge < -0.3 is 20.1 Å². The summed E-state index contributed by atoms with van der Waals surface area (Å²) in [4.78, 5) is 11.4. The Morgan fingerprint density at radius 3 is 1.69 bits per heavy atom. The molecular formula is C34H56O5. The maximum Gasteiger partial charge on any atom is 0.309 e. The number of ether oxygens (including phenoxy) is 1. The van der Waals surface area contributed by atoms with Crippen molar-refractivity contribution in [2.45, 2.75) is 147 Å². The van der Waals surface area contributed by atoms with Crippen molar-refractivity contribution in [2.24, 2.45) is 17.3 Å². The highest BCUT2D eigenvalue weighted by Gasteiger charge is 2.38. The molecule has 0 saturated heterocycles. The SMILES string of the molecule is COC(C)(C)CCCCC1CCCC(c2ccccc2C2CCCC(CCCCC(C)(C)C(=O)O)C2O)C1O. The molecule has 6 unspecified atom stereocenters. The van der Waals surface area contributed by atoms with Gasteiger partial charge in [0.15, 0.2) is 0 Å². The molecule has 3 N–H and O–H groups in total. The zero-order valence-electron chi connectivity index (χ0n) is 25.3. The predicted molar refractivity (Wildman–Crippen MR) is 158 cm³/mol. The summed E-state index contributed by atoms with van der Waals surface area (Å²) in [7, 11) is 1.78. The molecule has 5 nitrogen and oxygen atoms in total. The Morgan fingerprint density at radius 2 is 1.26 bits per heavy atom. The summed E-state index contributed by atoms with van der Waals surface area (Å²) in [5, 5.41) is 32.5. The molecule has 6 atom stereocenters. The van der Waals surface area contributed by atoms with Gasteiger partial charge in [-0.1, -0.05) is 62.8 Å². The fraction of sp³-hybridized carbons (Fsp3) is 0.794. The lowest BCUT2D eigenvalue weighted by Gasteiger charge is -2.40. The van der Waals surface area contributed by atoms with E-state index in [1.165, 1.54) is 11.1 Å². The van der Waals surface area contributed by atoms with Gasteiger partial charge in [-0.25, -0.2) is 0 Å². The largest absolute Gasteiger partial charge is 0.481 e. The van der Waals surface area contributed by atoms with E-state index in [1.54, 1.807) is 21.0 Å². The third-order valence-corrected chi connectivity index (χ3v) is 10.1. The summed E-state index contributed by atoms with van der Waals surface area (Å²) in [5.74, 6) is 0.103. The first-order chi connectivity index (χ1) is 18.5. The van der Waals surface area contributed by atoms with Crippen molar-refractivity contribution >= 4 is 5.97 Å². The lowest BCUT2D eigenvalue weighted by atomic mass is 9.68. The van der Waals surface area contributed by atoms with Crippen molar-refractivity contribution in [1.82, 2.24) is 0 Å². The van der Waals surface area contributed by atoms with E-state index in [0.717, 1.165) is 83.5 Å². The van der Waals surface area contributed by atoms with Crippen molar-refractivity contribution in [3.63, 3.8) is 0 Å². The molecule has 5 heteroatoms. The summed E-state index contributed by atoms with van der Waals surface area (Å²) >= 11 is 0. The highest BCUT2D eigenvalue weighted by molar-refractivity contribution is 5.73. The number of hydrogen-bond acceptors (Lipinski definition) is 4. The highest BCUT2D eigenvalue weighted by atomic mass is 16.5. The number of aliphatic hydroxyl groups is 2. The average molecular weight is 545 g/mol. The van der Waals surface area contributed by atoms with Crippen LogP contribution < -0.4 is 0 Å². The third kappa shape index (κ3) is 8.78. The molecule has 1 aromatic rings. The second-order valence-corrected chi connectivity index (χ2v) is 13.8. The molecule has 0 amide bonds. The minimum Gasteiger partial charge on any atom is -0.481 e. The predicted octanol–water partition coefficient (Wildman–Crippen LogP) is 7.83. The molecule has 3 rings (SSSR count). The first-order valence-electron chi connectivity index (χ1n) is 15.7. The molecule has 0 aliphatic heterocycles. The van der Waals surface area contributed by atoms with E-state index in [-0.39, 0.29) is 35.6 Å². The highest BCUT2D eigenvalue weighted by Crippen LogP contribution is 2.45. The van der Waals surface area contributed by atoms with Gasteiger partial charge in [-0.15, -0.1) is 0 Å². The normalized spacial score (nSPS) is 28.4. The standard InChI is InChI=1S/C34H56O5/c1-33(2,32(37)38)22-10-8-14-24-16-12-20-28(30(24)35)26-18-6-7-19-27(26)29-21-13-17-25(31(29)36)15-9-11-23-34(3,4)39-5/h6-7,18-19,24-25,28-31,35-36H,8-17,20-23H2,1-5H3,(H,37,38).